The molecule has 94 valence electrons. The second-order valence-corrected chi connectivity index (χ2v) is 5.50. The third-order valence-electron chi connectivity index (χ3n) is 3.30. The minimum atomic E-state index is -0.200. The van der Waals surface area contributed by atoms with Gasteiger partial charge >= 0.3 is 0 Å². The second kappa shape index (κ2) is 5.94. The lowest BCUT2D eigenvalue weighted by Gasteiger charge is -2.16. The van der Waals surface area contributed by atoms with Crippen molar-refractivity contribution in [2.45, 2.75) is 19.4 Å². The summed E-state index contributed by atoms with van der Waals surface area (Å²) >= 11 is 3.16. The Morgan fingerprint density at radius 3 is 3.00 bits per heavy atom. The summed E-state index contributed by atoms with van der Waals surface area (Å²) in [5, 5.41) is 8.90. The quantitative estimate of drug-likeness (QED) is 0.924. The molecule has 1 fully saturated rings. The van der Waals surface area contributed by atoms with Crippen LogP contribution in [0.2, 0.25) is 0 Å². The van der Waals surface area contributed by atoms with E-state index in [0.717, 1.165) is 38.0 Å². The Morgan fingerprint density at radius 2 is 2.29 bits per heavy atom. The van der Waals surface area contributed by atoms with Gasteiger partial charge in [0.2, 0.25) is 0 Å². The monoisotopic (exact) mass is 301 g/mol. The Balaban J connectivity index is 1.91. The minimum absolute atomic E-state index is 0.200. The average Bonchev–Trinajstić information content (AvgIpc) is 2.72. The SMILES string of the molecule is OCC[C@H]1CCN(Cc2ccc(Br)c(F)c2)C1. The summed E-state index contributed by atoms with van der Waals surface area (Å²) in [4.78, 5) is 2.32. The van der Waals surface area contributed by atoms with Crippen molar-refractivity contribution in [1.29, 1.82) is 0 Å². The van der Waals surface area contributed by atoms with Crippen molar-refractivity contribution in [2.24, 2.45) is 5.92 Å². The van der Waals surface area contributed by atoms with Crippen LogP contribution in [0.1, 0.15) is 18.4 Å². The van der Waals surface area contributed by atoms with E-state index in [4.69, 9.17) is 5.11 Å². The summed E-state index contributed by atoms with van der Waals surface area (Å²) in [5.74, 6) is 0.397. The predicted octanol–water partition coefficient (Wildman–Crippen LogP) is 2.79. The van der Waals surface area contributed by atoms with E-state index in [1.807, 2.05) is 6.07 Å². The molecule has 0 amide bonds. The van der Waals surface area contributed by atoms with Gasteiger partial charge in [0, 0.05) is 19.7 Å². The number of benzene rings is 1. The highest BCUT2D eigenvalue weighted by molar-refractivity contribution is 9.10. The maximum absolute atomic E-state index is 13.4. The maximum atomic E-state index is 13.4. The summed E-state index contributed by atoms with van der Waals surface area (Å²) in [6, 6.07) is 5.29. The van der Waals surface area contributed by atoms with Crippen molar-refractivity contribution in [1.82, 2.24) is 4.90 Å². The summed E-state index contributed by atoms with van der Waals surface area (Å²) in [6.07, 6.45) is 2.02. The molecule has 0 radical (unpaired) electrons. The van der Waals surface area contributed by atoms with Crippen LogP contribution in [-0.4, -0.2) is 29.7 Å². The van der Waals surface area contributed by atoms with Gasteiger partial charge in [-0.3, -0.25) is 4.90 Å². The smallest absolute Gasteiger partial charge is 0.137 e. The van der Waals surface area contributed by atoms with Gasteiger partial charge in [0.05, 0.1) is 4.47 Å². The van der Waals surface area contributed by atoms with E-state index in [1.54, 1.807) is 12.1 Å². The highest BCUT2D eigenvalue weighted by Crippen LogP contribution is 2.22. The van der Waals surface area contributed by atoms with Gasteiger partial charge in [0.15, 0.2) is 0 Å². The summed E-state index contributed by atoms with van der Waals surface area (Å²) in [6.45, 7) is 3.12. The van der Waals surface area contributed by atoms with Crippen molar-refractivity contribution >= 4 is 15.9 Å². The van der Waals surface area contributed by atoms with Crippen LogP contribution in [-0.2, 0) is 6.54 Å². The minimum Gasteiger partial charge on any atom is -0.396 e. The average molecular weight is 302 g/mol. The first-order chi connectivity index (χ1) is 8.19. The molecule has 1 atom stereocenters. The van der Waals surface area contributed by atoms with Crippen LogP contribution < -0.4 is 0 Å². The molecule has 0 bridgehead atoms. The fourth-order valence-electron chi connectivity index (χ4n) is 2.37. The number of hydrogen-bond donors (Lipinski definition) is 1. The Morgan fingerprint density at radius 1 is 1.47 bits per heavy atom. The van der Waals surface area contributed by atoms with Crippen LogP contribution in [0, 0.1) is 11.7 Å². The third-order valence-corrected chi connectivity index (χ3v) is 3.94. The normalized spacial score (nSPS) is 21.0. The Kier molecular flexibility index (Phi) is 4.54. The van der Waals surface area contributed by atoms with E-state index in [9.17, 15) is 4.39 Å². The second-order valence-electron chi connectivity index (χ2n) is 4.65. The number of hydrogen-bond acceptors (Lipinski definition) is 2. The highest BCUT2D eigenvalue weighted by atomic mass is 79.9. The molecule has 1 aliphatic rings. The van der Waals surface area contributed by atoms with Crippen LogP contribution >= 0.6 is 15.9 Å². The molecule has 1 N–H and O–H groups in total. The van der Waals surface area contributed by atoms with Crippen LogP contribution in [0.5, 0.6) is 0 Å². The van der Waals surface area contributed by atoms with Crippen LogP contribution in [0.4, 0.5) is 4.39 Å². The molecule has 1 aliphatic heterocycles. The Labute approximate surface area is 110 Å². The molecule has 2 rings (SSSR count). The zero-order valence-corrected chi connectivity index (χ0v) is 11.3. The molecule has 17 heavy (non-hydrogen) atoms. The molecule has 0 saturated carbocycles. The molecule has 0 aliphatic carbocycles. The molecule has 1 heterocycles. The lowest BCUT2D eigenvalue weighted by molar-refractivity contribution is 0.249. The molecule has 0 unspecified atom stereocenters. The van der Waals surface area contributed by atoms with Gasteiger partial charge in [0.1, 0.15) is 5.82 Å². The number of aliphatic hydroxyl groups is 1. The predicted molar refractivity (Wildman–Crippen MR) is 69.2 cm³/mol. The van der Waals surface area contributed by atoms with Crippen molar-refractivity contribution in [2.75, 3.05) is 19.7 Å². The molecule has 1 aromatic rings. The standard InChI is InChI=1S/C13H17BrFNO/c14-12-2-1-11(7-13(12)15)9-16-5-3-10(8-16)4-6-17/h1-2,7,10,17H,3-6,8-9H2/t10-/m1/s1. The van der Waals surface area contributed by atoms with Gasteiger partial charge in [-0.25, -0.2) is 4.39 Å². The molecule has 0 spiro atoms. The number of rotatable bonds is 4. The molecule has 4 heteroatoms. The van der Waals surface area contributed by atoms with E-state index in [0.29, 0.717) is 10.4 Å². The molecule has 1 aromatic carbocycles. The van der Waals surface area contributed by atoms with E-state index < -0.39 is 0 Å². The van der Waals surface area contributed by atoms with Gasteiger partial charge in [-0.1, -0.05) is 6.07 Å². The molecule has 1 saturated heterocycles. The highest BCUT2D eigenvalue weighted by Gasteiger charge is 2.21. The molecule has 0 aromatic heterocycles. The van der Waals surface area contributed by atoms with E-state index in [-0.39, 0.29) is 12.4 Å². The summed E-state index contributed by atoms with van der Waals surface area (Å²) in [5.41, 5.74) is 1.01. The van der Waals surface area contributed by atoms with Gasteiger partial charge in [-0.15, -0.1) is 0 Å². The van der Waals surface area contributed by atoms with Crippen molar-refractivity contribution < 1.29 is 9.50 Å². The fourth-order valence-corrected chi connectivity index (χ4v) is 2.62. The topological polar surface area (TPSA) is 23.5 Å². The number of likely N-dealkylation sites (tertiary alicyclic amines) is 1. The molecular formula is C13H17BrFNO. The molecular weight excluding hydrogens is 285 g/mol. The summed E-state index contributed by atoms with van der Waals surface area (Å²) < 4.78 is 13.9. The van der Waals surface area contributed by atoms with Gasteiger partial charge in [-0.2, -0.15) is 0 Å². The van der Waals surface area contributed by atoms with Gasteiger partial charge in [-0.05, 0) is 58.9 Å². The van der Waals surface area contributed by atoms with Crippen LogP contribution in [0.3, 0.4) is 0 Å². The van der Waals surface area contributed by atoms with Crippen LogP contribution in [0.15, 0.2) is 22.7 Å². The first kappa shape index (κ1) is 13.0. The first-order valence-corrected chi connectivity index (χ1v) is 6.75. The first-order valence-electron chi connectivity index (χ1n) is 5.96. The van der Waals surface area contributed by atoms with Crippen LogP contribution in [0.25, 0.3) is 0 Å². The zero-order valence-electron chi connectivity index (χ0n) is 9.70. The van der Waals surface area contributed by atoms with E-state index >= 15 is 0 Å². The number of halogens is 2. The Bertz CT molecular complexity index is 386. The number of nitrogens with zero attached hydrogens (tertiary/aromatic N) is 1. The van der Waals surface area contributed by atoms with Gasteiger partial charge in [0.25, 0.3) is 0 Å². The lowest BCUT2D eigenvalue weighted by atomic mass is 10.1. The largest absolute Gasteiger partial charge is 0.396 e. The zero-order chi connectivity index (χ0) is 12.3. The van der Waals surface area contributed by atoms with Crippen molar-refractivity contribution in [3.05, 3.63) is 34.1 Å². The Hall–Kier alpha value is -0.450. The summed E-state index contributed by atoms with van der Waals surface area (Å²) in [7, 11) is 0. The van der Waals surface area contributed by atoms with E-state index in [2.05, 4.69) is 20.8 Å². The van der Waals surface area contributed by atoms with Gasteiger partial charge < -0.3 is 5.11 Å². The fraction of sp³-hybridized carbons (Fsp3) is 0.538. The van der Waals surface area contributed by atoms with Crippen molar-refractivity contribution in [3.63, 3.8) is 0 Å². The number of aliphatic hydroxyl groups excluding tert-OH is 1. The lowest BCUT2D eigenvalue weighted by Crippen LogP contribution is -2.20. The van der Waals surface area contributed by atoms with E-state index in [1.165, 1.54) is 0 Å². The molecule has 2 nitrogen and oxygen atoms in total. The maximum Gasteiger partial charge on any atom is 0.137 e. The third kappa shape index (κ3) is 3.50. The van der Waals surface area contributed by atoms with Crippen molar-refractivity contribution in [3.8, 4) is 0 Å².